The summed E-state index contributed by atoms with van der Waals surface area (Å²) >= 11 is 5.72. The van der Waals surface area contributed by atoms with Gasteiger partial charge in [-0.1, -0.05) is 30.7 Å². The van der Waals surface area contributed by atoms with Gasteiger partial charge in [-0.2, -0.15) is 0 Å². The van der Waals surface area contributed by atoms with Gasteiger partial charge in [0.2, 0.25) is 0 Å². The van der Waals surface area contributed by atoms with Crippen molar-refractivity contribution in [1.29, 1.82) is 0 Å². The second kappa shape index (κ2) is 7.49. The van der Waals surface area contributed by atoms with Crippen LogP contribution in [0.5, 0.6) is 11.5 Å². The van der Waals surface area contributed by atoms with Crippen molar-refractivity contribution in [2.24, 2.45) is 5.92 Å². The van der Waals surface area contributed by atoms with E-state index < -0.39 is 0 Å². The molecule has 0 radical (unpaired) electrons. The predicted molar refractivity (Wildman–Crippen MR) is 116 cm³/mol. The molecular formula is C24H27NO2S. The van der Waals surface area contributed by atoms with E-state index in [9.17, 15) is 0 Å². The molecule has 5 rings (SSSR count). The van der Waals surface area contributed by atoms with Crippen LogP contribution < -0.4 is 9.47 Å². The molecule has 28 heavy (non-hydrogen) atoms. The van der Waals surface area contributed by atoms with E-state index in [0.717, 1.165) is 28.2 Å². The van der Waals surface area contributed by atoms with Crippen molar-refractivity contribution in [3.05, 3.63) is 48.0 Å². The molecule has 2 fully saturated rings. The SMILES string of the molecule is COc1ccccc1-c1ccc2c(c1)C(C1CCN3CCCCC3C1)C(=S)O2. The molecule has 3 atom stereocenters. The van der Waals surface area contributed by atoms with Gasteiger partial charge in [0, 0.05) is 17.2 Å². The summed E-state index contributed by atoms with van der Waals surface area (Å²) in [5.41, 5.74) is 3.55. The summed E-state index contributed by atoms with van der Waals surface area (Å²) < 4.78 is 11.6. The smallest absolute Gasteiger partial charge is 0.175 e. The normalized spacial score (nSPS) is 27.0. The molecule has 146 valence electrons. The number of fused-ring (bicyclic) bond motifs is 2. The van der Waals surface area contributed by atoms with Crippen LogP contribution in [0.2, 0.25) is 0 Å². The highest BCUT2D eigenvalue weighted by atomic mass is 32.1. The van der Waals surface area contributed by atoms with E-state index in [-0.39, 0.29) is 5.92 Å². The van der Waals surface area contributed by atoms with Crippen LogP contribution in [0.3, 0.4) is 0 Å². The lowest BCUT2D eigenvalue weighted by Crippen LogP contribution is -2.46. The minimum atomic E-state index is 0.240. The summed E-state index contributed by atoms with van der Waals surface area (Å²) in [5, 5.41) is 0.765. The van der Waals surface area contributed by atoms with Crippen molar-refractivity contribution in [2.75, 3.05) is 20.2 Å². The van der Waals surface area contributed by atoms with Gasteiger partial charge in [0.25, 0.3) is 0 Å². The van der Waals surface area contributed by atoms with Crippen molar-refractivity contribution in [3.63, 3.8) is 0 Å². The molecular weight excluding hydrogens is 366 g/mol. The average molecular weight is 394 g/mol. The van der Waals surface area contributed by atoms with Gasteiger partial charge in [-0.3, -0.25) is 0 Å². The summed E-state index contributed by atoms with van der Waals surface area (Å²) in [6, 6.07) is 15.4. The Morgan fingerprint density at radius 1 is 1.07 bits per heavy atom. The molecule has 2 saturated heterocycles. The van der Waals surface area contributed by atoms with E-state index in [2.05, 4.69) is 35.2 Å². The van der Waals surface area contributed by atoms with Gasteiger partial charge in [-0.15, -0.1) is 0 Å². The molecule has 3 aliphatic rings. The number of methoxy groups -OCH3 is 1. The fraction of sp³-hybridized carbons (Fsp3) is 0.458. The second-order valence-corrected chi connectivity index (χ2v) is 8.72. The molecule has 0 N–H and O–H groups in total. The molecule has 0 aromatic heterocycles. The van der Waals surface area contributed by atoms with E-state index in [4.69, 9.17) is 21.7 Å². The number of nitrogens with zero attached hydrogens (tertiary/aromatic N) is 1. The first-order valence-electron chi connectivity index (χ1n) is 10.5. The zero-order valence-corrected chi connectivity index (χ0v) is 17.2. The Morgan fingerprint density at radius 3 is 2.86 bits per heavy atom. The number of para-hydroxylation sites is 1. The molecule has 2 aromatic rings. The summed E-state index contributed by atoms with van der Waals surface area (Å²) in [6.45, 7) is 2.48. The molecule has 0 amide bonds. The lowest BCUT2D eigenvalue weighted by Gasteiger charge is -2.43. The van der Waals surface area contributed by atoms with Crippen molar-refractivity contribution >= 4 is 17.3 Å². The van der Waals surface area contributed by atoms with Gasteiger partial charge < -0.3 is 14.4 Å². The molecule has 0 aliphatic carbocycles. The summed E-state index contributed by atoms with van der Waals surface area (Å²) in [7, 11) is 1.73. The van der Waals surface area contributed by atoms with Crippen LogP contribution in [0.25, 0.3) is 11.1 Å². The largest absolute Gasteiger partial charge is 0.496 e. The highest BCUT2D eigenvalue weighted by Gasteiger charge is 2.41. The Morgan fingerprint density at radius 2 is 1.96 bits per heavy atom. The Kier molecular flexibility index (Phi) is 4.85. The highest BCUT2D eigenvalue weighted by Crippen LogP contribution is 2.47. The zero-order valence-electron chi connectivity index (χ0n) is 16.4. The monoisotopic (exact) mass is 393 g/mol. The molecule has 3 aliphatic heterocycles. The van der Waals surface area contributed by atoms with Crippen LogP contribution in [0, 0.1) is 5.92 Å². The Labute approximate surface area is 172 Å². The minimum absolute atomic E-state index is 0.240. The molecule has 2 aromatic carbocycles. The van der Waals surface area contributed by atoms with Crippen LogP contribution in [-0.2, 0) is 0 Å². The van der Waals surface area contributed by atoms with Crippen molar-refractivity contribution in [1.82, 2.24) is 4.90 Å². The van der Waals surface area contributed by atoms with Gasteiger partial charge in [0.1, 0.15) is 11.5 Å². The highest BCUT2D eigenvalue weighted by molar-refractivity contribution is 7.80. The molecule has 3 nitrogen and oxygen atoms in total. The Hall–Kier alpha value is -1.91. The molecule has 3 heterocycles. The first-order chi connectivity index (χ1) is 13.7. The van der Waals surface area contributed by atoms with Crippen molar-refractivity contribution in [2.45, 2.75) is 44.1 Å². The third-order valence-electron chi connectivity index (χ3n) is 6.81. The van der Waals surface area contributed by atoms with Gasteiger partial charge >= 0.3 is 0 Å². The van der Waals surface area contributed by atoms with E-state index in [1.807, 2.05) is 12.1 Å². The number of hydrogen-bond donors (Lipinski definition) is 0. The molecule has 3 unspecified atom stereocenters. The standard InChI is InChI=1S/C24H27NO2S/c1-26-21-8-3-2-7-19(21)16-9-10-22-20(15-16)23(24(28)27-22)17-11-13-25-12-5-4-6-18(25)14-17/h2-3,7-10,15,17-18,23H,4-6,11-14H2,1H3. The molecule has 0 saturated carbocycles. The van der Waals surface area contributed by atoms with E-state index in [1.54, 1.807) is 7.11 Å². The maximum atomic E-state index is 6.04. The topological polar surface area (TPSA) is 21.7 Å². The average Bonchev–Trinajstić information content (AvgIpc) is 3.08. The third-order valence-corrected chi connectivity index (χ3v) is 7.15. The fourth-order valence-electron chi connectivity index (χ4n) is 5.40. The summed E-state index contributed by atoms with van der Waals surface area (Å²) in [4.78, 5) is 2.70. The van der Waals surface area contributed by atoms with Crippen molar-refractivity contribution < 1.29 is 9.47 Å². The number of benzene rings is 2. The molecule has 0 bridgehead atoms. The first kappa shape index (κ1) is 18.1. The van der Waals surface area contributed by atoms with Crippen molar-refractivity contribution in [3.8, 4) is 22.6 Å². The number of piperidine rings is 2. The van der Waals surface area contributed by atoms with Crippen LogP contribution in [0.15, 0.2) is 42.5 Å². The number of hydrogen-bond acceptors (Lipinski definition) is 4. The van der Waals surface area contributed by atoms with Crippen LogP contribution >= 0.6 is 12.2 Å². The predicted octanol–water partition coefficient (Wildman–Crippen LogP) is 5.43. The first-order valence-corrected chi connectivity index (χ1v) is 10.9. The van der Waals surface area contributed by atoms with Gasteiger partial charge in [-0.25, -0.2) is 0 Å². The quantitative estimate of drug-likeness (QED) is 0.648. The van der Waals surface area contributed by atoms with Crippen LogP contribution in [0.4, 0.5) is 0 Å². The van der Waals surface area contributed by atoms with Gasteiger partial charge in [-0.05, 0) is 80.7 Å². The van der Waals surface area contributed by atoms with E-state index >= 15 is 0 Å². The van der Waals surface area contributed by atoms with E-state index in [0.29, 0.717) is 5.92 Å². The summed E-state index contributed by atoms with van der Waals surface area (Å²) in [5.74, 6) is 2.67. The number of rotatable bonds is 3. The minimum Gasteiger partial charge on any atom is -0.496 e. The Bertz CT molecular complexity index is 896. The van der Waals surface area contributed by atoms with Gasteiger partial charge in [0.15, 0.2) is 5.05 Å². The van der Waals surface area contributed by atoms with Crippen LogP contribution in [0.1, 0.15) is 43.6 Å². The fourth-order valence-corrected chi connectivity index (χ4v) is 5.81. The molecule has 4 heteroatoms. The van der Waals surface area contributed by atoms with Crippen LogP contribution in [-0.4, -0.2) is 36.2 Å². The number of thiocarbonyl (C=S) groups is 1. The van der Waals surface area contributed by atoms with Gasteiger partial charge in [0.05, 0.1) is 13.0 Å². The zero-order chi connectivity index (χ0) is 19.1. The molecule has 0 spiro atoms. The maximum Gasteiger partial charge on any atom is 0.175 e. The summed E-state index contributed by atoms with van der Waals surface area (Å²) in [6.07, 6.45) is 6.52. The Balaban J connectivity index is 1.47. The maximum absolute atomic E-state index is 6.04. The lowest BCUT2D eigenvalue weighted by molar-refractivity contribution is 0.0762. The lowest BCUT2D eigenvalue weighted by atomic mass is 9.76. The third kappa shape index (κ3) is 3.13. The second-order valence-electron chi connectivity index (χ2n) is 8.32. The number of ether oxygens (including phenoxy) is 2. The van der Waals surface area contributed by atoms with E-state index in [1.165, 1.54) is 56.3 Å².